The first-order valence-electron chi connectivity index (χ1n) is 12.3. The van der Waals surface area contributed by atoms with Crippen LogP contribution in [0.15, 0.2) is 48.5 Å². The minimum atomic E-state index is -1.71. The Bertz CT molecular complexity index is 1290. The van der Waals surface area contributed by atoms with Crippen LogP contribution < -0.4 is 4.74 Å². The Labute approximate surface area is 234 Å². The summed E-state index contributed by atoms with van der Waals surface area (Å²) in [4.78, 5) is 73.0. The van der Waals surface area contributed by atoms with E-state index in [2.05, 4.69) is 0 Å². The first-order valence-corrected chi connectivity index (χ1v) is 12.3. The number of rotatable bonds is 10. The molecule has 0 radical (unpaired) electrons. The maximum absolute atomic E-state index is 13.1. The van der Waals surface area contributed by atoms with Gasteiger partial charge in [0.25, 0.3) is 0 Å². The maximum atomic E-state index is 13.1. The van der Waals surface area contributed by atoms with Crippen molar-refractivity contribution < 1.29 is 61.9 Å². The molecule has 1 saturated heterocycles. The lowest BCUT2D eigenvalue weighted by Gasteiger charge is -2.43. The average Bonchev–Trinajstić information content (AvgIpc) is 2.94. The van der Waals surface area contributed by atoms with E-state index >= 15 is 0 Å². The van der Waals surface area contributed by atoms with Crippen LogP contribution in [0.5, 0.6) is 5.75 Å². The van der Waals surface area contributed by atoms with Crippen molar-refractivity contribution in [2.24, 2.45) is 0 Å². The van der Waals surface area contributed by atoms with E-state index < -0.39 is 60.6 Å². The molecule has 0 amide bonds. The van der Waals surface area contributed by atoms with Gasteiger partial charge in [0.1, 0.15) is 24.2 Å². The van der Waals surface area contributed by atoms with Gasteiger partial charge in [0.05, 0.1) is 7.11 Å². The molecule has 0 N–H and O–H groups in total. The van der Waals surface area contributed by atoms with Crippen LogP contribution in [0.2, 0.25) is 0 Å². The first kappa shape index (κ1) is 30.8. The Hall–Kier alpha value is -4.78. The third-order valence-electron chi connectivity index (χ3n) is 5.65. The van der Waals surface area contributed by atoms with Crippen molar-refractivity contribution in [3.05, 3.63) is 65.2 Å². The molecular weight excluding hydrogens is 544 g/mol. The summed E-state index contributed by atoms with van der Waals surface area (Å²) >= 11 is 0. The largest absolute Gasteiger partial charge is 0.467 e. The Morgan fingerprint density at radius 2 is 1.44 bits per heavy atom. The molecule has 2 aromatic carbocycles. The van der Waals surface area contributed by atoms with Crippen LogP contribution in [0, 0.1) is 0 Å². The highest BCUT2D eigenvalue weighted by Crippen LogP contribution is 2.33. The number of aldehydes is 1. The first-order chi connectivity index (χ1) is 19.5. The van der Waals surface area contributed by atoms with E-state index in [1.165, 1.54) is 18.2 Å². The van der Waals surface area contributed by atoms with Crippen LogP contribution in [0.3, 0.4) is 0 Å². The number of carbonyl (C=O) groups is 6. The van der Waals surface area contributed by atoms with Gasteiger partial charge in [-0.2, -0.15) is 0 Å². The van der Waals surface area contributed by atoms with E-state index in [1.807, 2.05) is 0 Å². The second-order valence-electron chi connectivity index (χ2n) is 8.72. The van der Waals surface area contributed by atoms with E-state index in [1.54, 1.807) is 30.3 Å². The lowest BCUT2D eigenvalue weighted by atomic mass is 9.97. The molecular formula is C28H28O13. The number of esters is 5. The molecule has 0 aromatic heterocycles. The molecule has 5 atom stereocenters. The van der Waals surface area contributed by atoms with Crippen molar-refractivity contribution in [2.45, 2.75) is 58.1 Å². The highest BCUT2D eigenvalue weighted by atomic mass is 16.7. The third-order valence-corrected chi connectivity index (χ3v) is 5.65. The fourth-order valence-electron chi connectivity index (χ4n) is 3.98. The average molecular weight is 573 g/mol. The molecule has 3 rings (SSSR count). The maximum Gasteiger partial charge on any atom is 0.342 e. The summed E-state index contributed by atoms with van der Waals surface area (Å²) in [6.45, 7) is 3.06. The van der Waals surface area contributed by atoms with Crippen LogP contribution in [0.1, 0.15) is 47.1 Å². The molecule has 41 heavy (non-hydrogen) atoms. The van der Waals surface area contributed by atoms with E-state index in [-0.39, 0.29) is 23.5 Å². The quantitative estimate of drug-likeness (QED) is 0.230. The van der Waals surface area contributed by atoms with E-state index in [4.69, 9.17) is 33.2 Å². The summed E-state index contributed by atoms with van der Waals surface area (Å²) in [5.41, 5.74) is 0.615. The van der Waals surface area contributed by atoms with E-state index in [9.17, 15) is 28.8 Å². The molecule has 0 saturated carbocycles. The van der Waals surface area contributed by atoms with Gasteiger partial charge in [-0.15, -0.1) is 0 Å². The molecule has 13 nitrogen and oxygen atoms in total. The summed E-state index contributed by atoms with van der Waals surface area (Å²) in [7, 11) is 1.05. The molecule has 0 spiro atoms. The standard InChI is InChI=1S/C28H28O13/c1-15(30)37-22-23(38-16(2)31)25(39-17(3)32)28(41-24(22)27(34)35-4)40-21-11-10-19(13-29)12-20(21)26(33)36-14-18-8-6-5-7-9-18/h5-13,22-25,28H,14H2,1-4H3/t22-,23+,24+,25-,28-/m1/s1. The number of ether oxygens (including phenoxy) is 7. The number of benzene rings is 2. The monoisotopic (exact) mass is 572 g/mol. The molecule has 2 aromatic rings. The Morgan fingerprint density at radius 1 is 0.829 bits per heavy atom. The Balaban J connectivity index is 2.02. The number of hydrogen-bond acceptors (Lipinski definition) is 13. The van der Waals surface area contributed by atoms with Crippen LogP contribution >= 0.6 is 0 Å². The van der Waals surface area contributed by atoms with Crippen LogP contribution in [0.25, 0.3) is 0 Å². The van der Waals surface area contributed by atoms with Crippen molar-refractivity contribution >= 4 is 36.1 Å². The highest BCUT2D eigenvalue weighted by molar-refractivity contribution is 5.94. The third kappa shape index (κ3) is 8.11. The number of methoxy groups -OCH3 is 1. The molecule has 1 heterocycles. The summed E-state index contributed by atoms with van der Waals surface area (Å²) in [6.07, 6.45) is -7.69. The normalized spacial score (nSPS) is 21.5. The van der Waals surface area contributed by atoms with Crippen molar-refractivity contribution in [2.75, 3.05) is 7.11 Å². The summed E-state index contributed by atoms with van der Waals surface area (Å²) < 4.78 is 37.7. The zero-order valence-electron chi connectivity index (χ0n) is 22.6. The molecule has 13 heteroatoms. The minimum absolute atomic E-state index is 0.0938. The van der Waals surface area contributed by atoms with Gasteiger partial charge in [0, 0.05) is 26.3 Å². The number of hydrogen-bond donors (Lipinski definition) is 0. The van der Waals surface area contributed by atoms with Gasteiger partial charge in [0.2, 0.25) is 12.4 Å². The summed E-state index contributed by atoms with van der Waals surface area (Å²) in [6, 6.07) is 12.6. The number of carbonyl (C=O) groups excluding carboxylic acids is 6. The van der Waals surface area contributed by atoms with Gasteiger partial charge in [-0.25, -0.2) is 9.59 Å². The second kappa shape index (κ2) is 14.0. The van der Waals surface area contributed by atoms with Gasteiger partial charge in [0.15, 0.2) is 18.3 Å². The van der Waals surface area contributed by atoms with Crippen LogP contribution in [-0.4, -0.2) is 73.9 Å². The second-order valence-corrected chi connectivity index (χ2v) is 8.72. The zero-order chi connectivity index (χ0) is 30.1. The van der Waals surface area contributed by atoms with Gasteiger partial charge >= 0.3 is 29.8 Å². The van der Waals surface area contributed by atoms with E-state index in [0.717, 1.165) is 27.9 Å². The molecule has 1 aliphatic rings. The lowest BCUT2D eigenvalue weighted by Crippen LogP contribution is -2.64. The topological polar surface area (TPSA) is 167 Å². The lowest BCUT2D eigenvalue weighted by molar-refractivity contribution is -0.282. The zero-order valence-corrected chi connectivity index (χ0v) is 22.6. The van der Waals surface area contributed by atoms with Crippen molar-refractivity contribution in [1.82, 2.24) is 0 Å². The van der Waals surface area contributed by atoms with Crippen molar-refractivity contribution in [1.29, 1.82) is 0 Å². The predicted octanol–water partition coefficient (Wildman–Crippen LogP) is 1.93. The van der Waals surface area contributed by atoms with Crippen molar-refractivity contribution in [3.63, 3.8) is 0 Å². The van der Waals surface area contributed by atoms with E-state index in [0.29, 0.717) is 11.8 Å². The Kier molecular flexibility index (Phi) is 10.5. The van der Waals surface area contributed by atoms with Gasteiger partial charge < -0.3 is 33.2 Å². The van der Waals surface area contributed by atoms with Gasteiger partial charge in [-0.1, -0.05) is 30.3 Å². The van der Waals surface area contributed by atoms with Crippen LogP contribution in [-0.2, 0) is 54.2 Å². The predicted molar refractivity (Wildman–Crippen MR) is 135 cm³/mol. The molecule has 0 unspecified atom stereocenters. The highest BCUT2D eigenvalue weighted by Gasteiger charge is 2.56. The molecule has 0 bridgehead atoms. The summed E-state index contributed by atoms with van der Waals surface area (Å²) in [5, 5.41) is 0. The van der Waals surface area contributed by atoms with Crippen molar-refractivity contribution in [3.8, 4) is 5.75 Å². The van der Waals surface area contributed by atoms with Gasteiger partial charge in [-0.05, 0) is 23.8 Å². The Morgan fingerprint density at radius 3 is 2.02 bits per heavy atom. The SMILES string of the molecule is COC(=O)[C@H]1O[C@@H](Oc2ccc(C=O)cc2C(=O)OCc2ccccc2)[C@H](OC(C)=O)[C@@H](OC(C)=O)[C@H]1OC(C)=O. The smallest absolute Gasteiger partial charge is 0.342 e. The van der Waals surface area contributed by atoms with Crippen LogP contribution in [0.4, 0.5) is 0 Å². The molecule has 218 valence electrons. The molecule has 0 aliphatic carbocycles. The van der Waals surface area contributed by atoms with Gasteiger partial charge in [-0.3, -0.25) is 19.2 Å². The fourth-order valence-corrected chi connectivity index (χ4v) is 3.98. The molecule has 1 fully saturated rings. The summed E-state index contributed by atoms with van der Waals surface area (Å²) in [5.74, 6) is -4.67. The minimum Gasteiger partial charge on any atom is -0.467 e. The molecule has 1 aliphatic heterocycles. The fraction of sp³-hybridized carbons (Fsp3) is 0.357.